The lowest BCUT2D eigenvalue weighted by Gasteiger charge is -2.05. The number of nitriles is 1. The fourth-order valence-electron chi connectivity index (χ4n) is 1.04. The molecule has 1 aromatic rings. The Labute approximate surface area is 110 Å². The van der Waals surface area contributed by atoms with E-state index in [4.69, 9.17) is 5.26 Å². The number of ether oxygens (including phenoxy) is 1. The van der Waals surface area contributed by atoms with Gasteiger partial charge in [0.05, 0.1) is 19.1 Å². The minimum atomic E-state index is -0.306. The van der Waals surface area contributed by atoms with Crippen LogP contribution in [0.4, 0.5) is 0 Å². The van der Waals surface area contributed by atoms with Crippen LogP contribution in [0.2, 0.25) is 0 Å². The molecule has 0 spiro atoms. The molecule has 0 radical (unpaired) electrons. The summed E-state index contributed by atoms with van der Waals surface area (Å²) in [5.74, 6) is -0.306. The van der Waals surface area contributed by atoms with Crippen molar-refractivity contribution in [3.8, 4) is 6.07 Å². The van der Waals surface area contributed by atoms with Gasteiger partial charge in [0.1, 0.15) is 6.07 Å². The molecule has 0 aliphatic heterocycles. The summed E-state index contributed by atoms with van der Waals surface area (Å²) in [5, 5.41) is 8.83. The zero-order valence-corrected chi connectivity index (χ0v) is 11.6. The molecule has 1 rings (SSSR count). The maximum absolute atomic E-state index is 11.1. The average molecular weight is 380 g/mol. The van der Waals surface area contributed by atoms with Crippen molar-refractivity contribution < 1.29 is 9.53 Å². The van der Waals surface area contributed by atoms with Gasteiger partial charge in [0, 0.05) is 8.04 Å². The maximum atomic E-state index is 11.1. The topological polar surface area (TPSA) is 50.1 Å². The Bertz CT molecular complexity index is 440. The Morgan fingerprint density at radius 2 is 2.33 bits per heavy atom. The number of rotatable bonds is 2. The van der Waals surface area contributed by atoms with E-state index in [9.17, 15) is 4.79 Å². The summed E-state index contributed by atoms with van der Waals surface area (Å²) in [5.41, 5.74) is 1.33. The first-order valence-electron chi connectivity index (χ1n) is 4.03. The summed E-state index contributed by atoms with van der Waals surface area (Å²) in [4.78, 5) is 11.1. The lowest BCUT2D eigenvalue weighted by molar-refractivity contribution is -0.139. The van der Waals surface area contributed by atoms with Gasteiger partial charge >= 0.3 is 5.97 Å². The summed E-state index contributed by atoms with van der Waals surface area (Å²) in [6.45, 7) is 0. The molecular formula is C10H7BrINO2. The minimum Gasteiger partial charge on any atom is -0.469 e. The molecule has 0 aromatic heterocycles. The molecule has 0 N–H and O–H groups in total. The van der Waals surface area contributed by atoms with Crippen molar-refractivity contribution in [2.75, 3.05) is 7.11 Å². The normalized spacial score (nSPS) is 9.47. The molecule has 3 nitrogen and oxygen atoms in total. The van der Waals surface area contributed by atoms with E-state index in [0.717, 1.165) is 13.6 Å². The zero-order chi connectivity index (χ0) is 11.4. The van der Waals surface area contributed by atoms with Crippen LogP contribution in [-0.2, 0) is 16.0 Å². The van der Waals surface area contributed by atoms with Gasteiger partial charge in [0.2, 0.25) is 0 Å². The van der Waals surface area contributed by atoms with Crippen molar-refractivity contribution in [3.05, 3.63) is 31.3 Å². The van der Waals surface area contributed by atoms with Crippen molar-refractivity contribution >= 4 is 44.5 Å². The largest absolute Gasteiger partial charge is 0.469 e. The molecule has 0 aliphatic carbocycles. The molecule has 0 aliphatic rings. The molecule has 0 heterocycles. The van der Waals surface area contributed by atoms with E-state index in [1.165, 1.54) is 7.11 Å². The maximum Gasteiger partial charge on any atom is 0.310 e. The third-order valence-electron chi connectivity index (χ3n) is 1.82. The third kappa shape index (κ3) is 3.18. The predicted octanol–water partition coefficient (Wildman–Crippen LogP) is 2.64. The fraction of sp³-hybridized carbons (Fsp3) is 0.200. The Hall–Kier alpha value is -0.610. The highest BCUT2D eigenvalue weighted by atomic mass is 127. The number of benzene rings is 1. The second-order valence-corrected chi connectivity index (χ2v) is 4.80. The van der Waals surface area contributed by atoms with E-state index >= 15 is 0 Å². The lowest BCUT2D eigenvalue weighted by Crippen LogP contribution is -2.06. The molecule has 0 atom stereocenters. The van der Waals surface area contributed by atoms with E-state index in [1.807, 2.05) is 6.07 Å². The minimum absolute atomic E-state index is 0.191. The molecule has 0 amide bonds. The molecule has 0 bridgehead atoms. The van der Waals surface area contributed by atoms with Gasteiger partial charge in [-0.3, -0.25) is 4.79 Å². The number of hydrogen-bond acceptors (Lipinski definition) is 3. The van der Waals surface area contributed by atoms with Gasteiger partial charge in [-0.1, -0.05) is 0 Å². The van der Waals surface area contributed by atoms with Crippen LogP contribution in [0.1, 0.15) is 11.1 Å². The monoisotopic (exact) mass is 379 g/mol. The molecule has 0 fully saturated rings. The first-order valence-corrected chi connectivity index (χ1v) is 5.90. The molecule has 5 heteroatoms. The molecular weight excluding hydrogens is 373 g/mol. The number of nitrogens with zero attached hydrogens (tertiary/aromatic N) is 1. The Morgan fingerprint density at radius 1 is 1.67 bits per heavy atom. The summed E-state index contributed by atoms with van der Waals surface area (Å²) in [7, 11) is 1.35. The van der Waals surface area contributed by atoms with Crippen molar-refractivity contribution in [1.29, 1.82) is 5.26 Å². The number of hydrogen-bond donors (Lipinski definition) is 0. The summed E-state index contributed by atoms with van der Waals surface area (Å²) in [6, 6.07) is 5.57. The summed E-state index contributed by atoms with van der Waals surface area (Å²) >= 11 is 5.40. The average Bonchev–Trinajstić information content (AvgIpc) is 2.21. The molecule has 78 valence electrons. The van der Waals surface area contributed by atoms with Crippen molar-refractivity contribution in [2.45, 2.75) is 6.42 Å². The summed E-state index contributed by atoms with van der Waals surface area (Å²) in [6.07, 6.45) is 0.191. The molecule has 0 unspecified atom stereocenters. The molecule has 15 heavy (non-hydrogen) atoms. The molecule has 0 saturated heterocycles. The van der Waals surface area contributed by atoms with Crippen LogP contribution in [0, 0.1) is 14.9 Å². The molecule has 0 saturated carbocycles. The van der Waals surface area contributed by atoms with E-state index in [2.05, 4.69) is 49.3 Å². The second-order valence-electron chi connectivity index (χ2n) is 2.79. The first-order chi connectivity index (χ1) is 7.08. The fourth-order valence-corrected chi connectivity index (χ4v) is 2.56. The number of carbonyl (C=O) groups excluding carboxylic acids is 1. The van der Waals surface area contributed by atoms with Crippen LogP contribution in [0.25, 0.3) is 0 Å². The smallest absolute Gasteiger partial charge is 0.310 e. The number of methoxy groups -OCH3 is 1. The Kier molecular flexibility index (Phi) is 4.54. The highest BCUT2D eigenvalue weighted by Gasteiger charge is 2.10. The first kappa shape index (κ1) is 12.5. The summed E-state index contributed by atoms with van der Waals surface area (Å²) < 4.78 is 6.25. The van der Waals surface area contributed by atoms with Gasteiger partial charge in [-0.05, 0) is 56.2 Å². The quantitative estimate of drug-likeness (QED) is 0.586. The highest BCUT2D eigenvalue weighted by molar-refractivity contribution is 14.1. The number of carbonyl (C=O) groups is 1. The number of esters is 1. The molecule has 1 aromatic carbocycles. The standard InChI is InChI=1S/C10H7BrINO2/c1-15-10(14)3-6-2-7(5-13)8(11)4-9(6)12/h2,4H,3H2,1H3. The van der Waals surface area contributed by atoms with Gasteiger partial charge < -0.3 is 4.74 Å². The van der Waals surface area contributed by atoms with Crippen LogP contribution in [0.3, 0.4) is 0 Å². The van der Waals surface area contributed by atoms with E-state index in [-0.39, 0.29) is 12.4 Å². The van der Waals surface area contributed by atoms with Gasteiger partial charge in [0.25, 0.3) is 0 Å². The highest BCUT2D eigenvalue weighted by Crippen LogP contribution is 2.23. The van der Waals surface area contributed by atoms with E-state index in [1.54, 1.807) is 6.07 Å². The van der Waals surface area contributed by atoms with Crippen molar-refractivity contribution in [3.63, 3.8) is 0 Å². The number of halogens is 2. The van der Waals surface area contributed by atoms with Crippen LogP contribution in [-0.4, -0.2) is 13.1 Å². The van der Waals surface area contributed by atoms with Crippen LogP contribution >= 0.6 is 38.5 Å². The van der Waals surface area contributed by atoms with Gasteiger partial charge in [-0.2, -0.15) is 5.26 Å². The second kappa shape index (κ2) is 5.47. The van der Waals surface area contributed by atoms with Crippen LogP contribution < -0.4 is 0 Å². The Morgan fingerprint density at radius 3 is 2.87 bits per heavy atom. The van der Waals surface area contributed by atoms with E-state index < -0.39 is 0 Å². The SMILES string of the molecule is COC(=O)Cc1cc(C#N)c(Br)cc1I. The van der Waals surface area contributed by atoms with Crippen molar-refractivity contribution in [2.24, 2.45) is 0 Å². The Balaban J connectivity index is 3.09. The predicted molar refractivity (Wildman–Crippen MR) is 67.3 cm³/mol. The van der Waals surface area contributed by atoms with Crippen LogP contribution in [0.5, 0.6) is 0 Å². The van der Waals surface area contributed by atoms with Gasteiger partial charge in [0.15, 0.2) is 0 Å². The lowest BCUT2D eigenvalue weighted by atomic mass is 10.1. The van der Waals surface area contributed by atoms with Crippen LogP contribution in [0.15, 0.2) is 16.6 Å². The van der Waals surface area contributed by atoms with E-state index in [0.29, 0.717) is 5.56 Å². The van der Waals surface area contributed by atoms with Gasteiger partial charge in [-0.25, -0.2) is 0 Å². The zero-order valence-electron chi connectivity index (χ0n) is 7.88. The third-order valence-corrected chi connectivity index (χ3v) is 3.48. The van der Waals surface area contributed by atoms with Gasteiger partial charge in [-0.15, -0.1) is 0 Å². The van der Waals surface area contributed by atoms with Crippen molar-refractivity contribution in [1.82, 2.24) is 0 Å².